The Morgan fingerprint density at radius 2 is 2.00 bits per heavy atom. The molecule has 2 heterocycles. The van der Waals surface area contributed by atoms with Gasteiger partial charge in [-0.3, -0.25) is 9.36 Å². The number of aliphatic hydroxyl groups excluding tert-OH is 3. The molecule has 1 aromatic carbocycles. The van der Waals surface area contributed by atoms with Gasteiger partial charge in [0.25, 0.3) is 5.91 Å². The lowest BCUT2D eigenvalue weighted by Crippen LogP contribution is -2.33. The van der Waals surface area contributed by atoms with Gasteiger partial charge in [0.15, 0.2) is 11.9 Å². The molecule has 2 aromatic rings. The fourth-order valence-corrected chi connectivity index (χ4v) is 2.85. The average molecular weight is 383 g/mol. The average Bonchev–Trinajstić information content (AvgIpc) is 3.14. The van der Waals surface area contributed by atoms with E-state index in [0.717, 1.165) is 5.56 Å². The number of aliphatic hydroxyl groups is 3. The lowest BCUT2D eigenvalue weighted by molar-refractivity contribution is -0.0518. The maximum Gasteiger partial charge on any atom is 0.273 e. The highest BCUT2D eigenvalue weighted by molar-refractivity contribution is 6.30. The number of nitrogens with zero attached hydrogens (tertiary/aromatic N) is 2. The van der Waals surface area contributed by atoms with Gasteiger partial charge in [-0.05, 0) is 17.7 Å². The molecule has 0 saturated carbocycles. The van der Waals surface area contributed by atoms with Crippen molar-refractivity contribution in [1.82, 2.24) is 14.9 Å². The molecule has 1 saturated heterocycles. The van der Waals surface area contributed by atoms with Gasteiger partial charge in [-0.1, -0.05) is 23.7 Å². The van der Waals surface area contributed by atoms with Crippen LogP contribution in [0.15, 0.2) is 30.6 Å². The third-order valence-electron chi connectivity index (χ3n) is 4.20. The summed E-state index contributed by atoms with van der Waals surface area (Å²) in [4.78, 5) is 16.3. The SMILES string of the molecule is Nc1c(C(=O)NCc2ccc(Cl)cc2)ncn1[C@@H]1O[C@H](CO)[C@@H](O)[C@H]1O. The van der Waals surface area contributed by atoms with Crippen molar-refractivity contribution >= 4 is 23.3 Å². The van der Waals surface area contributed by atoms with Crippen LogP contribution in [0.5, 0.6) is 0 Å². The number of amides is 1. The maximum absolute atomic E-state index is 12.3. The van der Waals surface area contributed by atoms with Crippen LogP contribution in [0, 0.1) is 0 Å². The Morgan fingerprint density at radius 3 is 2.62 bits per heavy atom. The summed E-state index contributed by atoms with van der Waals surface area (Å²) in [6.07, 6.45) is -3.33. The van der Waals surface area contributed by atoms with Crippen molar-refractivity contribution in [1.29, 1.82) is 0 Å². The first-order valence-corrected chi connectivity index (χ1v) is 8.27. The number of imidazole rings is 1. The summed E-state index contributed by atoms with van der Waals surface area (Å²) in [5.74, 6) is -0.517. The smallest absolute Gasteiger partial charge is 0.273 e. The summed E-state index contributed by atoms with van der Waals surface area (Å²) in [7, 11) is 0. The first kappa shape index (κ1) is 18.6. The zero-order valence-corrected chi connectivity index (χ0v) is 14.4. The Hall–Kier alpha value is -2.17. The van der Waals surface area contributed by atoms with Gasteiger partial charge in [0.05, 0.1) is 12.9 Å². The third kappa shape index (κ3) is 3.53. The van der Waals surface area contributed by atoms with Crippen LogP contribution >= 0.6 is 11.6 Å². The molecule has 0 spiro atoms. The van der Waals surface area contributed by atoms with Crippen molar-refractivity contribution < 1.29 is 24.9 Å². The number of hydrogen-bond donors (Lipinski definition) is 5. The van der Waals surface area contributed by atoms with Gasteiger partial charge in [0, 0.05) is 11.6 Å². The van der Waals surface area contributed by atoms with E-state index in [4.69, 9.17) is 27.2 Å². The van der Waals surface area contributed by atoms with Gasteiger partial charge in [-0.2, -0.15) is 0 Å². The van der Waals surface area contributed by atoms with E-state index in [0.29, 0.717) is 5.02 Å². The van der Waals surface area contributed by atoms with E-state index in [1.807, 2.05) is 0 Å². The standard InChI is InChI=1S/C16H19ClN4O5/c17-9-3-1-8(2-4-9)5-19-15(25)11-14(18)21(7-20-11)16-13(24)12(23)10(6-22)26-16/h1-4,7,10,12-13,16,22-24H,5-6,18H2,(H,19,25)/t10-,12-,13-,16-/m1/s1. The molecule has 0 radical (unpaired) electrons. The number of rotatable bonds is 5. The van der Waals surface area contributed by atoms with Crippen molar-refractivity contribution in [3.8, 4) is 0 Å². The number of benzene rings is 1. The van der Waals surface area contributed by atoms with Gasteiger partial charge in [-0.25, -0.2) is 4.98 Å². The minimum Gasteiger partial charge on any atom is -0.394 e. The Kier molecular flexibility index (Phi) is 5.44. The number of halogens is 1. The molecule has 0 unspecified atom stereocenters. The topological polar surface area (TPSA) is 143 Å². The van der Waals surface area contributed by atoms with Gasteiger partial charge in [0.2, 0.25) is 0 Å². The Balaban J connectivity index is 1.70. The molecule has 0 bridgehead atoms. The molecule has 26 heavy (non-hydrogen) atoms. The predicted octanol–water partition coefficient (Wildman–Crippen LogP) is -0.340. The van der Waals surface area contributed by atoms with E-state index in [1.165, 1.54) is 10.9 Å². The number of hydrogen-bond acceptors (Lipinski definition) is 7. The monoisotopic (exact) mass is 382 g/mol. The van der Waals surface area contributed by atoms with Crippen molar-refractivity contribution in [3.05, 3.63) is 46.9 Å². The molecule has 1 aliphatic heterocycles. The van der Waals surface area contributed by atoms with Gasteiger partial charge >= 0.3 is 0 Å². The molecule has 6 N–H and O–H groups in total. The number of carbonyl (C=O) groups is 1. The largest absolute Gasteiger partial charge is 0.394 e. The summed E-state index contributed by atoms with van der Waals surface area (Å²) < 4.78 is 6.64. The van der Waals surface area contributed by atoms with Gasteiger partial charge in [0.1, 0.15) is 24.1 Å². The molecule has 1 aromatic heterocycles. The minimum atomic E-state index is -1.31. The van der Waals surface area contributed by atoms with Crippen molar-refractivity contribution in [2.75, 3.05) is 12.3 Å². The van der Waals surface area contributed by atoms with Crippen molar-refractivity contribution in [2.24, 2.45) is 0 Å². The van der Waals surface area contributed by atoms with E-state index < -0.39 is 37.1 Å². The van der Waals surface area contributed by atoms with Crippen molar-refractivity contribution in [3.63, 3.8) is 0 Å². The van der Waals surface area contributed by atoms with Gasteiger partial charge < -0.3 is 31.1 Å². The highest BCUT2D eigenvalue weighted by Gasteiger charge is 2.44. The summed E-state index contributed by atoms with van der Waals surface area (Å²) in [5, 5.41) is 32.3. The second-order valence-corrected chi connectivity index (χ2v) is 6.36. The first-order valence-electron chi connectivity index (χ1n) is 7.89. The molecule has 1 aliphatic rings. The molecule has 10 heteroatoms. The third-order valence-corrected chi connectivity index (χ3v) is 4.46. The van der Waals surface area contributed by atoms with Crippen LogP contribution in [0.4, 0.5) is 5.82 Å². The second kappa shape index (κ2) is 7.60. The Labute approximate surface area is 154 Å². The van der Waals surface area contributed by atoms with Crippen LogP contribution in [0.3, 0.4) is 0 Å². The van der Waals surface area contributed by atoms with Crippen LogP contribution in [0.2, 0.25) is 5.02 Å². The van der Waals surface area contributed by atoms with Crippen LogP contribution in [-0.2, 0) is 11.3 Å². The molecular formula is C16H19ClN4O5. The first-order chi connectivity index (χ1) is 12.4. The number of nitrogen functional groups attached to an aromatic ring is 1. The molecule has 140 valence electrons. The molecule has 1 amide bonds. The number of anilines is 1. The number of nitrogens with two attached hydrogens (primary N) is 1. The molecule has 0 aliphatic carbocycles. The highest BCUT2D eigenvalue weighted by atomic mass is 35.5. The Bertz CT molecular complexity index is 781. The summed E-state index contributed by atoms with van der Waals surface area (Å²) in [6.45, 7) is -0.200. The number of carbonyl (C=O) groups excluding carboxylic acids is 1. The highest BCUT2D eigenvalue weighted by Crippen LogP contribution is 2.31. The van der Waals surface area contributed by atoms with Gasteiger partial charge in [-0.15, -0.1) is 0 Å². The maximum atomic E-state index is 12.3. The van der Waals surface area contributed by atoms with E-state index >= 15 is 0 Å². The zero-order chi connectivity index (χ0) is 18.8. The van der Waals surface area contributed by atoms with Crippen LogP contribution < -0.4 is 11.1 Å². The second-order valence-electron chi connectivity index (χ2n) is 5.92. The van der Waals surface area contributed by atoms with E-state index in [1.54, 1.807) is 24.3 Å². The van der Waals surface area contributed by atoms with Crippen molar-refractivity contribution in [2.45, 2.75) is 31.1 Å². The minimum absolute atomic E-state index is 0.0200. The molecule has 1 fully saturated rings. The lowest BCUT2D eigenvalue weighted by atomic mass is 10.1. The summed E-state index contributed by atoms with van der Waals surface area (Å²) >= 11 is 5.82. The number of nitrogens with one attached hydrogen (secondary N) is 1. The molecule has 3 rings (SSSR count). The molecule has 4 atom stereocenters. The van der Waals surface area contributed by atoms with Crippen LogP contribution in [0.25, 0.3) is 0 Å². The predicted molar refractivity (Wildman–Crippen MR) is 92.3 cm³/mol. The van der Waals surface area contributed by atoms with E-state index in [2.05, 4.69) is 10.3 Å². The normalized spacial score (nSPS) is 25.4. The zero-order valence-electron chi connectivity index (χ0n) is 13.6. The number of ether oxygens (including phenoxy) is 1. The van der Waals surface area contributed by atoms with E-state index in [9.17, 15) is 15.0 Å². The quantitative estimate of drug-likeness (QED) is 0.476. The number of aromatic nitrogens is 2. The van der Waals surface area contributed by atoms with Crippen LogP contribution in [0.1, 0.15) is 22.3 Å². The fourth-order valence-electron chi connectivity index (χ4n) is 2.73. The Morgan fingerprint density at radius 1 is 1.31 bits per heavy atom. The lowest BCUT2D eigenvalue weighted by Gasteiger charge is -2.17. The fraction of sp³-hybridized carbons (Fsp3) is 0.375. The molecule has 9 nitrogen and oxygen atoms in total. The molecular weight excluding hydrogens is 364 g/mol. The van der Waals surface area contributed by atoms with E-state index in [-0.39, 0.29) is 18.1 Å². The summed E-state index contributed by atoms with van der Waals surface area (Å²) in [5.41, 5.74) is 6.77. The summed E-state index contributed by atoms with van der Waals surface area (Å²) in [6, 6.07) is 7.00. The van der Waals surface area contributed by atoms with Crippen LogP contribution in [-0.4, -0.2) is 55.7 Å².